The third-order valence-corrected chi connectivity index (χ3v) is 4.16. The summed E-state index contributed by atoms with van der Waals surface area (Å²) in [5, 5.41) is 9.23. The van der Waals surface area contributed by atoms with E-state index in [-0.39, 0.29) is 5.92 Å². The third-order valence-electron chi connectivity index (χ3n) is 4.16. The molecule has 0 radical (unpaired) electrons. The van der Waals surface area contributed by atoms with Crippen molar-refractivity contribution in [2.75, 3.05) is 0 Å². The summed E-state index contributed by atoms with van der Waals surface area (Å²) in [6.07, 6.45) is 16.8. The predicted molar refractivity (Wildman–Crippen MR) is 87.1 cm³/mol. The highest BCUT2D eigenvalue weighted by Crippen LogP contribution is 2.19. The first-order valence-electron chi connectivity index (χ1n) is 8.95. The quantitative estimate of drug-likeness (QED) is 0.364. The first kappa shape index (κ1) is 19.5. The lowest BCUT2D eigenvalue weighted by atomic mass is 9.94. The van der Waals surface area contributed by atoms with Gasteiger partial charge in [-0.3, -0.25) is 4.79 Å². The second-order valence-electron chi connectivity index (χ2n) is 6.15. The number of carboxylic acids is 1. The van der Waals surface area contributed by atoms with Gasteiger partial charge in [0.2, 0.25) is 0 Å². The summed E-state index contributed by atoms with van der Waals surface area (Å²) in [5.41, 5.74) is 0. The van der Waals surface area contributed by atoms with Gasteiger partial charge in [0, 0.05) is 0 Å². The topological polar surface area (TPSA) is 37.3 Å². The summed E-state index contributed by atoms with van der Waals surface area (Å²) in [5.74, 6) is -0.670. The van der Waals surface area contributed by atoms with Gasteiger partial charge in [0.05, 0.1) is 5.92 Å². The largest absolute Gasteiger partial charge is 0.481 e. The summed E-state index contributed by atoms with van der Waals surface area (Å²) in [7, 11) is 0. The molecule has 0 spiro atoms. The molecule has 2 heteroatoms. The summed E-state index contributed by atoms with van der Waals surface area (Å²) in [4.78, 5) is 11.2. The minimum Gasteiger partial charge on any atom is -0.481 e. The molecule has 0 aromatic rings. The lowest BCUT2D eigenvalue weighted by molar-refractivity contribution is -0.142. The lowest BCUT2D eigenvalue weighted by Gasteiger charge is -2.11. The fraction of sp³-hybridized carbons (Fsp3) is 0.944. The summed E-state index contributed by atoms with van der Waals surface area (Å²) in [6, 6.07) is 0. The molecule has 0 aliphatic rings. The van der Waals surface area contributed by atoms with Gasteiger partial charge < -0.3 is 5.11 Å². The molecule has 0 fully saturated rings. The second kappa shape index (κ2) is 14.9. The van der Waals surface area contributed by atoms with E-state index in [0.29, 0.717) is 0 Å². The first-order chi connectivity index (χ1) is 9.72. The van der Waals surface area contributed by atoms with E-state index in [4.69, 9.17) is 0 Å². The number of carbonyl (C=O) groups is 1. The Bertz CT molecular complexity index is 213. The van der Waals surface area contributed by atoms with E-state index in [1.807, 2.05) is 0 Å². The van der Waals surface area contributed by atoms with Crippen LogP contribution in [0, 0.1) is 5.92 Å². The van der Waals surface area contributed by atoms with Crippen LogP contribution in [0.25, 0.3) is 0 Å². The molecule has 0 unspecified atom stereocenters. The average Bonchev–Trinajstić information content (AvgIpc) is 2.43. The molecule has 20 heavy (non-hydrogen) atoms. The molecule has 2 nitrogen and oxygen atoms in total. The molecular weight excluding hydrogens is 248 g/mol. The Morgan fingerprint density at radius 2 is 1.05 bits per heavy atom. The van der Waals surface area contributed by atoms with E-state index in [9.17, 15) is 9.90 Å². The Morgan fingerprint density at radius 1 is 0.700 bits per heavy atom. The molecule has 0 aromatic carbocycles. The highest BCUT2D eigenvalue weighted by atomic mass is 16.4. The highest BCUT2D eigenvalue weighted by Gasteiger charge is 2.15. The number of unbranched alkanes of at least 4 members (excludes halogenated alkanes) is 10. The van der Waals surface area contributed by atoms with Crippen LogP contribution in [0.15, 0.2) is 0 Å². The van der Waals surface area contributed by atoms with Crippen LogP contribution >= 0.6 is 0 Å². The van der Waals surface area contributed by atoms with Gasteiger partial charge in [-0.1, -0.05) is 90.9 Å². The van der Waals surface area contributed by atoms with Crippen molar-refractivity contribution >= 4 is 5.97 Å². The molecule has 120 valence electrons. The maximum absolute atomic E-state index is 11.2. The van der Waals surface area contributed by atoms with Crippen molar-refractivity contribution in [3.05, 3.63) is 0 Å². The maximum atomic E-state index is 11.2. The molecule has 0 saturated carbocycles. The number of aliphatic carboxylic acids is 1. The molecule has 0 heterocycles. The van der Waals surface area contributed by atoms with Crippen LogP contribution in [0.2, 0.25) is 0 Å². The zero-order chi connectivity index (χ0) is 15.1. The standard InChI is InChI=1S/C18H36O2/c1-3-5-7-9-10-11-12-14-16-17(18(19)20)15-13-8-6-4-2/h17H,3-16H2,1-2H3,(H,19,20)/t17-/m1/s1. The SMILES string of the molecule is CCCCCCCCCC[C@@H](CCCCCC)C(=O)O. The monoisotopic (exact) mass is 284 g/mol. The van der Waals surface area contributed by atoms with Crippen LogP contribution in [-0.2, 0) is 4.79 Å². The van der Waals surface area contributed by atoms with Gasteiger partial charge in [-0.2, -0.15) is 0 Å². The zero-order valence-electron chi connectivity index (χ0n) is 13.8. The highest BCUT2D eigenvalue weighted by molar-refractivity contribution is 5.69. The zero-order valence-corrected chi connectivity index (χ0v) is 13.8. The average molecular weight is 284 g/mol. The maximum Gasteiger partial charge on any atom is 0.306 e. The van der Waals surface area contributed by atoms with Crippen LogP contribution < -0.4 is 0 Å². The van der Waals surface area contributed by atoms with E-state index in [2.05, 4.69) is 13.8 Å². The molecule has 1 N–H and O–H groups in total. The van der Waals surface area contributed by atoms with Gasteiger partial charge in [-0.05, 0) is 12.8 Å². The number of hydrogen-bond acceptors (Lipinski definition) is 1. The number of rotatable bonds is 15. The molecule has 0 rings (SSSR count). The van der Waals surface area contributed by atoms with Gasteiger partial charge in [-0.15, -0.1) is 0 Å². The van der Waals surface area contributed by atoms with Crippen LogP contribution in [0.4, 0.5) is 0 Å². The predicted octanol–water partition coefficient (Wildman–Crippen LogP) is 6.19. The van der Waals surface area contributed by atoms with E-state index in [0.717, 1.165) is 25.7 Å². The molecule has 0 bridgehead atoms. The summed E-state index contributed by atoms with van der Waals surface area (Å²) < 4.78 is 0. The van der Waals surface area contributed by atoms with Crippen molar-refractivity contribution in [2.45, 2.75) is 104 Å². The molecule has 0 saturated heterocycles. The fourth-order valence-corrected chi connectivity index (χ4v) is 2.73. The smallest absolute Gasteiger partial charge is 0.306 e. The van der Waals surface area contributed by atoms with E-state index >= 15 is 0 Å². The van der Waals surface area contributed by atoms with Crippen molar-refractivity contribution in [3.63, 3.8) is 0 Å². The van der Waals surface area contributed by atoms with E-state index in [1.165, 1.54) is 64.2 Å². The molecular formula is C18H36O2. The van der Waals surface area contributed by atoms with E-state index < -0.39 is 5.97 Å². The Hall–Kier alpha value is -0.530. The number of hydrogen-bond donors (Lipinski definition) is 1. The van der Waals surface area contributed by atoms with Crippen molar-refractivity contribution in [1.82, 2.24) is 0 Å². The van der Waals surface area contributed by atoms with Gasteiger partial charge in [0.25, 0.3) is 0 Å². The molecule has 0 aliphatic heterocycles. The van der Waals surface area contributed by atoms with Crippen molar-refractivity contribution in [3.8, 4) is 0 Å². The van der Waals surface area contributed by atoms with Crippen LogP contribution in [-0.4, -0.2) is 11.1 Å². The van der Waals surface area contributed by atoms with Crippen molar-refractivity contribution in [2.24, 2.45) is 5.92 Å². The minimum atomic E-state index is -0.579. The molecule has 0 aliphatic carbocycles. The summed E-state index contributed by atoms with van der Waals surface area (Å²) >= 11 is 0. The van der Waals surface area contributed by atoms with Crippen molar-refractivity contribution < 1.29 is 9.90 Å². The van der Waals surface area contributed by atoms with E-state index in [1.54, 1.807) is 0 Å². The lowest BCUT2D eigenvalue weighted by Crippen LogP contribution is -2.13. The Kier molecular flexibility index (Phi) is 14.5. The molecule has 0 aromatic heterocycles. The van der Waals surface area contributed by atoms with Crippen LogP contribution in [0.1, 0.15) is 104 Å². The van der Waals surface area contributed by atoms with Gasteiger partial charge in [0.15, 0.2) is 0 Å². The summed E-state index contributed by atoms with van der Waals surface area (Å²) in [6.45, 7) is 4.43. The fourth-order valence-electron chi connectivity index (χ4n) is 2.73. The first-order valence-corrected chi connectivity index (χ1v) is 8.95. The minimum absolute atomic E-state index is 0.0908. The van der Waals surface area contributed by atoms with Crippen LogP contribution in [0.3, 0.4) is 0 Å². The van der Waals surface area contributed by atoms with Gasteiger partial charge >= 0.3 is 5.97 Å². The Balaban J connectivity index is 3.48. The normalized spacial score (nSPS) is 12.5. The van der Waals surface area contributed by atoms with Crippen LogP contribution in [0.5, 0.6) is 0 Å². The number of carboxylic acid groups (broad SMARTS) is 1. The van der Waals surface area contributed by atoms with Crippen molar-refractivity contribution in [1.29, 1.82) is 0 Å². The Morgan fingerprint density at radius 3 is 1.45 bits per heavy atom. The second-order valence-corrected chi connectivity index (χ2v) is 6.15. The Labute approximate surface area is 126 Å². The molecule has 1 atom stereocenters. The molecule has 0 amide bonds. The third kappa shape index (κ3) is 12.5. The van der Waals surface area contributed by atoms with Gasteiger partial charge in [-0.25, -0.2) is 0 Å². The van der Waals surface area contributed by atoms with Gasteiger partial charge in [0.1, 0.15) is 0 Å².